The topological polar surface area (TPSA) is 104 Å². The van der Waals surface area contributed by atoms with E-state index in [-0.39, 0.29) is 48.0 Å². The molecule has 6 rings (SSSR count). The second-order valence-electron chi connectivity index (χ2n) is 14.6. The van der Waals surface area contributed by atoms with Crippen LogP contribution in [-0.4, -0.2) is 56.3 Å². The number of halogens is 2. The van der Waals surface area contributed by atoms with Crippen molar-refractivity contribution in [2.45, 2.75) is 70.2 Å². The predicted octanol–water partition coefficient (Wildman–Crippen LogP) is 7.94. The van der Waals surface area contributed by atoms with E-state index in [4.69, 9.17) is 19.0 Å². The Morgan fingerprint density at radius 1 is 0.943 bits per heavy atom. The van der Waals surface area contributed by atoms with Crippen LogP contribution in [0.3, 0.4) is 0 Å². The molecule has 2 heterocycles. The van der Waals surface area contributed by atoms with Crippen molar-refractivity contribution in [2.75, 3.05) is 20.2 Å². The van der Waals surface area contributed by atoms with E-state index < -0.39 is 33.2 Å². The minimum absolute atomic E-state index is 0.0393. The van der Waals surface area contributed by atoms with E-state index in [1.807, 2.05) is 52.0 Å². The summed E-state index contributed by atoms with van der Waals surface area (Å²) in [5.74, 6) is -0.493. The Hall–Kier alpha value is -4.65. The fourth-order valence-electron chi connectivity index (χ4n) is 6.98. The Morgan fingerprint density at radius 3 is 2.30 bits per heavy atom. The average molecular weight is 747 g/mol. The van der Waals surface area contributed by atoms with Gasteiger partial charge in [-0.05, 0) is 110 Å². The minimum Gasteiger partial charge on any atom is -0.497 e. The largest absolute Gasteiger partial charge is 0.497 e. The van der Waals surface area contributed by atoms with Gasteiger partial charge in [-0.3, -0.25) is 0 Å². The van der Waals surface area contributed by atoms with E-state index in [9.17, 15) is 22.0 Å². The van der Waals surface area contributed by atoms with Crippen LogP contribution < -0.4 is 9.47 Å². The highest BCUT2D eigenvalue weighted by atomic mass is 32.2. The van der Waals surface area contributed by atoms with Gasteiger partial charge in [-0.25, -0.2) is 22.0 Å². The van der Waals surface area contributed by atoms with Crippen molar-refractivity contribution in [3.05, 3.63) is 113 Å². The second-order valence-corrected chi connectivity index (χ2v) is 16.5. The van der Waals surface area contributed by atoms with E-state index in [0.29, 0.717) is 46.9 Å². The Morgan fingerprint density at radius 2 is 1.66 bits per heavy atom. The zero-order valence-corrected chi connectivity index (χ0v) is 31.3. The third kappa shape index (κ3) is 9.12. The lowest BCUT2D eigenvalue weighted by molar-refractivity contribution is -0.140. The van der Waals surface area contributed by atoms with Gasteiger partial charge >= 0.3 is 5.97 Å². The molecule has 0 aliphatic carbocycles. The van der Waals surface area contributed by atoms with E-state index in [2.05, 4.69) is 5.16 Å². The summed E-state index contributed by atoms with van der Waals surface area (Å²) in [4.78, 5) is 16.9. The van der Waals surface area contributed by atoms with Crippen molar-refractivity contribution >= 4 is 21.7 Å². The second kappa shape index (κ2) is 15.8. The molecule has 53 heavy (non-hydrogen) atoms. The Kier molecular flexibility index (Phi) is 11.3. The average Bonchev–Trinajstić information content (AvgIpc) is 3.68. The van der Waals surface area contributed by atoms with Crippen LogP contribution in [0.5, 0.6) is 11.5 Å². The fraction of sp³-hybridized carbons (Fsp3) is 0.366. The number of hydrogen-bond acceptors (Lipinski definition) is 8. The van der Waals surface area contributed by atoms with Gasteiger partial charge in [0.2, 0.25) is 10.0 Å². The fourth-order valence-corrected chi connectivity index (χ4v) is 8.60. The molecule has 4 aromatic carbocycles. The van der Waals surface area contributed by atoms with Crippen LogP contribution in [0.4, 0.5) is 8.78 Å². The van der Waals surface area contributed by atoms with Crippen molar-refractivity contribution in [1.82, 2.24) is 4.31 Å². The molecule has 0 aromatic heterocycles. The number of carbonyl (C=O) groups is 1. The Balaban J connectivity index is 1.16. The third-order valence-electron chi connectivity index (χ3n) is 9.45. The lowest BCUT2D eigenvalue weighted by atomic mass is 9.88. The van der Waals surface area contributed by atoms with Gasteiger partial charge in [0.1, 0.15) is 29.7 Å². The number of oxime groups is 1. The molecule has 0 N–H and O–H groups in total. The smallest absolute Gasteiger partial charge is 0.341 e. The molecule has 9 nitrogen and oxygen atoms in total. The molecular weight excluding hydrogens is 703 g/mol. The van der Waals surface area contributed by atoms with Gasteiger partial charge in [0.05, 0.1) is 35.8 Å². The van der Waals surface area contributed by atoms with Gasteiger partial charge < -0.3 is 19.0 Å². The highest BCUT2D eigenvalue weighted by Gasteiger charge is 2.42. The van der Waals surface area contributed by atoms with Crippen molar-refractivity contribution in [3.8, 4) is 22.6 Å². The number of sulfonamides is 1. The maximum absolute atomic E-state index is 14.6. The van der Waals surface area contributed by atoms with Gasteiger partial charge in [0.25, 0.3) is 0 Å². The summed E-state index contributed by atoms with van der Waals surface area (Å²) >= 11 is 0. The summed E-state index contributed by atoms with van der Waals surface area (Å²) in [5.41, 5.74) is 3.03. The molecule has 4 aromatic rings. The van der Waals surface area contributed by atoms with E-state index in [0.717, 1.165) is 18.1 Å². The number of hydrogen-bond donors (Lipinski definition) is 0. The van der Waals surface area contributed by atoms with Crippen LogP contribution in [0.25, 0.3) is 11.1 Å². The molecule has 2 atom stereocenters. The first kappa shape index (κ1) is 38.1. The van der Waals surface area contributed by atoms with Crippen LogP contribution in [0.15, 0.2) is 95.0 Å². The Labute approximate surface area is 309 Å². The van der Waals surface area contributed by atoms with E-state index in [1.165, 1.54) is 12.1 Å². The van der Waals surface area contributed by atoms with Gasteiger partial charge in [-0.1, -0.05) is 43.3 Å². The Bertz CT molecular complexity index is 2080. The summed E-state index contributed by atoms with van der Waals surface area (Å²) < 4.78 is 75.3. The van der Waals surface area contributed by atoms with Crippen molar-refractivity contribution in [1.29, 1.82) is 0 Å². The number of rotatable bonds is 14. The summed E-state index contributed by atoms with van der Waals surface area (Å²) in [5, 5.41) is 3.92. The van der Waals surface area contributed by atoms with Crippen LogP contribution in [0.1, 0.15) is 57.2 Å². The summed E-state index contributed by atoms with van der Waals surface area (Å²) in [6.45, 7) is 8.81. The standard InChI is InChI=1S/C41H44F2N2O7S/c1-26(2)23-45(53(47,48)34-15-13-32(49-5)14-16-34)24-39-30(22-41(3,4)51-39)18-27-6-11-33(12-7-27)50-25-29-9-8-28(35-17-10-31(42)20-37(35)43)19-36(29)38-21-40(46)52-44-38/h6-17,19-20,26,30,39H,18,21-25H2,1-5H3/t30-,39-/m1/s1. The first-order valence-electron chi connectivity index (χ1n) is 17.6. The predicted molar refractivity (Wildman–Crippen MR) is 197 cm³/mol. The number of carbonyl (C=O) groups excluding carboxylic acids is 1. The molecule has 2 aliphatic heterocycles. The van der Waals surface area contributed by atoms with E-state index in [1.54, 1.807) is 53.9 Å². The molecule has 0 saturated carbocycles. The quantitative estimate of drug-likeness (QED) is 0.121. The molecule has 1 saturated heterocycles. The van der Waals surface area contributed by atoms with Crippen LogP contribution in [0, 0.1) is 23.5 Å². The van der Waals surface area contributed by atoms with Crippen LogP contribution in [0.2, 0.25) is 0 Å². The molecule has 0 unspecified atom stereocenters. The maximum atomic E-state index is 14.6. The van der Waals surface area contributed by atoms with E-state index >= 15 is 0 Å². The number of methoxy groups -OCH3 is 1. The number of nitrogens with zero attached hydrogens (tertiary/aromatic N) is 2. The monoisotopic (exact) mass is 746 g/mol. The lowest BCUT2D eigenvalue weighted by Crippen LogP contribution is -2.42. The summed E-state index contributed by atoms with van der Waals surface area (Å²) in [6.07, 6.45) is 1.10. The number of ether oxygens (including phenoxy) is 3. The summed E-state index contributed by atoms with van der Waals surface area (Å²) in [7, 11) is -2.25. The molecule has 2 aliphatic rings. The highest BCUT2D eigenvalue weighted by molar-refractivity contribution is 7.89. The van der Waals surface area contributed by atoms with Crippen molar-refractivity contribution in [2.24, 2.45) is 17.0 Å². The molecule has 0 amide bonds. The SMILES string of the molecule is COc1ccc(S(=O)(=O)N(CC(C)C)C[C@H]2OC(C)(C)C[C@H]2Cc2ccc(OCc3ccc(-c4ccc(F)cc4F)cc3C3=NOC(=O)C3)cc2)cc1. The first-order chi connectivity index (χ1) is 25.2. The lowest BCUT2D eigenvalue weighted by Gasteiger charge is -2.29. The highest BCUT2D eigenvalue weighted by Crippen LogP contribution is 2.38. The molecule has 0 radical (unpaired) electrons. The molecule has 1 fully saturated rings. The van der Waals surface area contributed by atoms with Crippen molar-refractivity contribution in [3.63, 3.8) is 0 Å². The summed E-state index contributed by atoms with van der Waals surface area (Å²) in [6, 6.07) is 22.8. The third-order valence-corrected chi connectivity index (χ3v) is 11.3. The van der Waals surface area contributed by atoms with Gasteiger partial charge in [-0.2, -0.15) is 4.31 Å². The molecule has 0 spiro atoms. The zero-order chi connectivity index (χ0) is 37.9. The number of benzene rings is 4. The molecular formula is C41H44F2N2O7S. The van der Waals surface area contributed by atoms with Crippen LogP contribution >= 0.6 is 0 Å². The zero-order valence-electron chi connectivity index (χ0n) is 30.5. The molecule has 12 heteroatoms. The van der Waals surface area contributed by atoms with Crippen molar-refractivity contribution < 1.29 is 41.0 Å². The van der Waals surface area contributed by atoms with Gasteiger partial charge in [-0.15, -0.1) is 0 Å². The van der Waals surface area contributed by atoms with Gasteiger partial charge in [0.15, 0.2) is 0 Å². The van der Waals surface area contributed by atoms with Gasteiger partial charge in [0, 0.05) is 30.3 Å². The minimum atomic E-state index is -3.79. The molecule has 0 bridgehead atoms. The van der Waals surface area contributed by atoms with Crippen LogP contribution in [-0.2, 0) is 37.4 Å². The normalized spacial score (nSPS) is 18.4. The maximum Gasteiger partial charge on any atom is 0.341 e. The first-order valence-corrected chi connectivity index (χ1v) is 19.0. The molecule has 280 valence electrons.